The number of ketones is 2. The zero-order chi connectivity index (χ0) is 23.8. The van der Waals surface area contributed by atoms with Crippen molar-refractivity contribution in [1.82, 2.24) is 9.80 Å². The minimum absolute atomic E-state index is 0.00224. The number of Topliss-reactive ketones (excluding diaryl/α,β-unsaturated/α-hetero) is 2. The van der Waals surface area contributed by atoms with Crippen LogP contribution in [-0.2, 0) is 19.2 Å². The number of carbonyl (C=O) groups excluding carboxylic acids is 4. The molecule has 0 bridgehead atoms. The summed E-state index contributed by atoms with van der Waals surface area (Å²) in [6.45, 7) is 13.5. The average Bonchev–Trinajstić information content (AvgIpc) is 3.14. The molecule has 1 aromatic carbocycles. The van der Waals surface area contributed by atoms with E-state index >= 15 is 0 Å². The molecule has 3 rings (SSSR count). The van der Waals surface area contributed by atoms with Gasteiger partial charge in [0.25, 0.3) is 0 Å². The van der Waals surface area contributed by atoms with Crippen LogP contribution in [-0.4, -0.2) is 58.9 Å². The lowest BCUT2D eigenvalue weighted by molar-refractivity contribution is -0.132. The van der Waals surface area contributed by atoms with Gasteiger partial charge in [-0.1, -0.05) is 38.5 Å². The third kappa shape index (κ3) is 5.28. The maximum Gasteiger partial charge on any atom is 0.230 e. The van der Waals surface area contributed by atoms with Gasteiger partial charge in [-0.05, 0) is 61.6 Å². The van der Waals surface area contributed by atoms with Gasteiger partial charge in [-0.3, -0.25) is 19.2 Å². The molecule has 2 aliphatic rings. The van der Waals surface area contributed by atoms with Crippen LogP contribution in [0.15, 0.2) is 12.1 Å². The van der Waals surface area contributed by atoms with E-state index in [9.17, 15) is 19.2 Å². The first-order valence-corrected chi connectivity index (χ1v) is 11.5. The minimum Gasteiger partial charge on any atom is -0.335 e. The lowest BCUT2D eigenvalue weighted by Crippen LogP contribution is -2.46. The Morgan fingerprint density at radius 1 is 0.875 bits per heavy atom. The van der Waals surface area contributed by atoms with Crippen LogP contribution in [0.25, 0.3) is 0 Å². The van der Waals surface area contributed by atoms with Crippen molar-refractivity contribution >= 4 is 23.4 Å². The molecule has 2 fully saturated rings. The van der Waals surface area contributed by atoms with Crippen LogP contribution in [0.2, 0.25) is 0 Å². The molecule has 174 valence electrons. The van der Waals surface area contributed by atoms with Gasteiger partial charge in [-0.25, -0.2) is 0 Å². The zero-order valence-electron chi connectivity index (χ0n) is 20.3. The van der Waals surface area contributed by atoms with Crippen LogP contribution in [0.3, 0.4) is 0 Å². The summed E-state index contributed by atoms with van der Waals surface area (Å²) < 4.78 is 0. The van der Waals surface area contributed by atoms with Crippen LogP contribution in [0, 0.1) is 26.2 Å². The molecule has 0 N–H and O–H groups in total. The quantitative estimate of drug-likeness (QED) is 0.608. The number of carbonyl (C=O) groups is 4. The maximum absolute atomic E-state index is 12.6. The smallest absolute Gasteiger partial charge is 0.230 e. The number of hydrogen-bond acceptors (Lipinski definition) is 4. The molecule has 6 heteroatoms. The first kappa shape index (κ1) is 24.1. The molecule has 0 spiro atoms. The fourth-order valence-electron chi connectivity index (χ4n) is 5.47. The van der Waals surface area contributed by atoms with Crippen molar-refractivity contribution in [2.45, 2.75) is 79.2 Å². The Morgan fingerprint density at radius 3 is 1.91 bits per heavy atom. The second-order valence-corrected chi connectivity index (χ2v) is 10.7. The van der Waals surface area contributed by atoms with Crippen molar-refractivity contribution in [2.75, 3.05) is 19.6 Å². The van der Waals surface area contributed by atoms with E-state index < -0.39 is 0 Å². The SMILES string of the molecule is Cc1cc(C)c(C(CCN2CC(=O)CC2=O)CC(N2CC(=O)CC2=O)C(C)(C)C)c(C)c1. The summed E-state index contributed by atoms with van der Waals surface area (Å²) in [5.74, 6) is -0.135. The van der Waals surface area contributed by atoms with E-state index in [1.165, 1.54) is 22.3 Å². The molecular formula is C26H36N2O4. The highest BCUT2D eigenvalue weighted by Crippen LogP contribution is 2.39. The lowest BCUT2D eigenvalue weighted by Gasteiger charge is -2.40. The van der Waals surface area contributed by atoms with Crippen molar-refractivity contribution < 1.29 is 19.2 Å². The van der Waals surface area contributed by atoms with Crippen LogP contribution in [0.5, 0.6) is 0 Å². The lowest BCUT2D eigenvalue weighted by atomic mass is 9.76. The fraction of sp³-hybridized carbons (Fsp3) is 0.615. The van der Waals surface area contributed by atoms with E-state index in [0.717, 1.165) is 0 Å². The molecule has 0 saturated carbocycles. The van der Waals surface area contributed by atoms with Gasteiger partial charge in [-0.2, -0.15) is 0 Å². The van der Waals surface area contributed by atoms with E-state index in [4.69, 9.17) is 0 Å². The highest BCUT2D eigenvalue weighted by Gasteiger charge is 2.40. The molecule has 1 aromatic rings. The highest BCUT2D eigenvalue weighted by atomic mass is 16.2. The van der Waals surface area contributed by atoms with Gasteiger partial charge in [0, 0.05) is 12.6 Å². The molecule has 2 saturated heterocycles. The van der Waals surface area contributed by atoms with E-state index in [0.29, 0.717) is 19.4 Å². The standard InChI is InChI=1S/C26H36N2O4/c1-16-9-17(2)25(18(3)10-16)19(7-8-27-14-20(29)12-23(27)31)11-22(26(4,5)6)28-15-21(30)13-24(28)32/h9-10,19,22H,7-8,11-15H2,1-6H3. The summed E-state index contributed by atoms with van der Waals surface area (Å²) in [6, 6.07) is 4.26. The van der Waals surface area contributed by atoms with Crippen LogP contribution in [0.1, 0.15) is 74.6 Å². The third-order valence-electron chi connectivity index (χ3n) is 6.86. The van der Waals surface area contributed by atoms with Crippen molar-refractivity contribution in [3.63, 3.8) is 0 Å². The largest absolute Gasteiger partial charge is 0.335 e. The fourth-order valence-corrected chi connectivity index (χ4v) is 5.47. The molecule has 2 aliphatic heterocycles. The number of nitrogens with zero attached hydrogens (tertiary/aromatic N) is 2. The summed E-state index contributed by atoms with van der Waals surface area (Å²) in [5, 5.41) is 0. The van der Waals surface area contributed by atoms with E-state index in [2.05, 4.69) is 53.7 Å². The van der Waals surface area contributed by atoms with Crippen molar-refractivity contribution in [3.8, 4) is 0 Å². The van der Waals surface area contributed by atoms with Gasteiger partial charge in [0.2, 0.25) is 11.8 Å². The maximum atomic E-state index is 12.6. The second-order valence-electron chi connectivity index (χ2n) is 10.7. The Balaban J connectivity index is 1.93. The average molecular weight is 441 g/mol. The summed E-state index contributed by atoms with van der Waals surface area (Å²) in [4.78, 5) is 52.0. The molecule has 6 nitrogen and oxygen atoms in total. The van der Waals surface area contributed by atoms with E-state index in [-0.39, 0.29) is 66.7 Å². The Labute approximate surface area is 191 Å². The Bertz CT molecular complexity index is 921. The summed E-state index contributed by atoms with van der Waals surface area (Å²) in [5.41, 5.74) is 4.65. The molecule has 2 atom stereocenters. The Morgan fingerprint density at radius 2 is 1.44 bits per heavy atom. The minimum atomic E-state index is -0.204. The van der Waals surface area contributed by atoms with Gasteiger partial charge in [0.1, 0.15) is 0 Å². The molecule has 0 aliphatic carbocycles. The summed E-state index contributed by atoms with van der Waals surface area (Å²) >= 11 is 0. The number of amides is 2. The number of hydrogen-bond donors (Lipinski definition) is 0. The molecule has 0 aromatic heterocycles. The van der Waals surface area contributed by atoms with Gasteiger partial charge in [0.05, 0.1) is 25.9 Å². The molecule has 2 heterocycles. The van der Waals surface area contributed by atoms with Crippen molar-refractivity contribution in [1.29, 1.82) is 0 Å². The molecule has 32 heavy (non-hydrogen) atoms. The number of rotatable bonds is 7. The van der Waals surface area contributed by atoms with Crippen LogP contribution >= 0.6 is 0 Å². The monoisotopic (exact) mass is 440 g/mol. The van der Waals surface area contributed by atoms with Crippen molar-refractivity contribution in [2.24, 2.45) is 5.41 Å². The summed E-state index contributed by atoms with van der Waals surface area (Å²) in [6.07, 6.45) is 1.42. The van der Waals surface area contributed by atoms with Gasteiger partial charge in [-0.15, -0.1) is 0 Å². The number of benzene rings is 1. The van der Waals surface area contributed by atoms with Crippen LogP contribution < -0.4 is 0 Å². The number of aryl methyl sites for hydroxylation is 3. The molecular weight excluding hydrogens is 404 g/mol. The van der Waals surface area contributed by atoms with Gasteiger partial charge < -0.3 is 9.80 Å². The summed E-state index contributed by atoms with van der Waals surface area (Å²) in [7, 11) is 0. The zero-order valence-corrected chi connectivity index (χ0v) is 20.3. The predicted molar refractivity (Wildman–Crippen MR) is 123 cm³/mol. The third-order valence-corrected chi connectivity index (χ3v) is 6.86. The molecule has 2 amide bonds. The predicted octanol–water partition coefficient (Wildman–Crippen LogP) is 3.49. The van der Waals surface area contributed by atoms with Gasteiger partial charge in [0.15, 0.2) is 11.6 Å². The normalized spacial score (nSPS) is 19.3. The second kappa shape index (κ2) is 9.16. The van der Waals surface area contributed by atoms with E-state index in [1.54, 1.807) is 9.80 Å². The van der Waals surface area contributed by atoms with Gasteiger partial charge >= 0.3 is 0 Å². The highest BCUT2D eigenvalue weighted by molar-refractivity contribution is 6.06. The van der Waals surface area contributed by atoms with E-state index in [1.807, 2.05) is 0 Å². The first-order chi connectivity index (χ1) is 14.9. The molecule has 2 unspecified atom stereocenters. The Hall–Kier alpha value is -2.50. The van der Waals surface area contributed by atoms with Crippen LogP contribution in [0.4, 0.5) is 0 Å². The molecule has 0 radical (unpaired) electrons. The topological polar surface area (TPSA) is 74.8 Å². The number of likely N-dealkylation sites (tertiary alicyclic amines) is 2. The first-order valence-electron chi connectivity index (χ1n) is 11.5. The van der Waals surface area contributed by atoms with Crippen molar-refractivity contribution in [3.05, 3.63) is 34.4 Å². The Kier molecular flexibility index (Phi) is 6.91.